The third kappa shape index (κ3) is 3.02. The molecule has 0 saturated carbocycles. The summed E-state index contributed by atoms with van der Waals surface area (Å²) in [6.45, 7) is 7.38. The number of nitrogens with one attached hydrogen (secondary N) is 1. The molecule has 0 bridgehead atoms. The summed E-state index contributed by atoms with van der Waals surface area (Å²) in [6.07, 6.45) is 2.16. The summed E-state index contributed by atoms with van der Waals surface area (Å²) in [5.74, 6) is 1.07. The van der Waals surface area contributed by atoms with Gasteiger partial charge < -0.3 is 10.1 Å². The molecule has 1 aromatic rings. The van der Waals surface area contributed by atoms with E-state index in [-0.39, 0.29) is 18.0 Å². The third-order valence-corrected chi connectivity index (χ3v) is 3.33. The van der Waals surface area contributed by atoms with E-state index < -0.39 is 0 Å². The first kappa shape index (κ1) is 13.3. The van der Waals surface area contributed by atoms with Crippen molar-refractivity contribution < 1.29 is 9.13 Å². The van der Waals surface area contributed by atoms with Crippen LogP contribution in [0.2, 0.25) is 0 Å². The fourth-order valence-electron chi connectivity index (χ4n) is 2.63. The lowest BCUT2D eigenvalue weighted by Gasteiger charge is -2.33. The quantitative estimate of drug-likeness (QED) is 0.881. The average molecular weight is 251 g/mol. The van der Waals surface area contributed by atoms with E-state index in [2.05, 4.69) is 26.1 Å². The SMILES string of the molecule is CCNC1CC(CC(C)C)Oc2cc(F)ccc21. The van der Waals surface area contributed by atoms with Crippen molar-refractivity contribution in [1.82, 2.24) is 5.32 Å². The lowest BCUT2D eigenvalue weighted by molar-refractivity contribution is 0.128. The fourth-order valence-corrected chi connectivity index (χ4v) is 2.63. The number of benzene rings is 1. The maximum absolute atomic E-state index is 13.3. The Labute approximate surface area is 109 Å². The van der Waals surface area contributed by atoms with Crippen LogP contribution in [0.5, 0.6) is 5.75 Å². The van der Waals surface area contributed by atoms with Crippen molar-refractivity contribution in [3.05, 3.63) is 29.6 Å². The molecule has 0 fully saturated rings. The molecule has 3 heteroatoms. The van der Waals surface area contributed by atoms with Gasteiger partial charge >= 0.3 is 0 Å². The molecule has 2 rings (SSSR count). The first-order chi connectivity index (χ1) is 8.60. The molecule has 0 aliphatic carbocycles. The molecular formula is C15H22FNO. The van der Waals surface area contributed by atoms with Gasteiger partial charge in [0.05, 0.1) is 0 Å². The number of hydrogen-bond donors (Lipinski definition) is 1. The van der Waals surface area contributed by atoms with Gasteiger partial charge in [-0.2, -0.15) is 0 Å². The number of ether oxygens (including phenoxy) is 1. The Hall–Kier alpha value is -1.09. The second-order valence-electron chi connectivity index (χ2n) is 5.40. The van der Waals surface area contributed by atoms with Crippen molar-refractivity contribution in [2.45, 2.75) is 45.8 Å². The minimum atomic E-state index is -0.228. The van der Waals surface area contributed by atoms with Gasteiger partial charge in [-0.25, -0.2) is 4.39 Å². The zero-order chi connectivity index (χ0) is 13.1. The Bertz CT molecular complexity index is 405. The van der Waals surface area contributed by atoms with E-state index in [0.717, 1.165) is 24.9 Å². The van der Waals surface area contributed by atoms with Crippen molar-refractivity contribution in [1.29, 1.82) is 0 Å². The van der Waals surface area contributed by atoms with Gasteiger partial charge in [-0.1, -0.05) is 26.8 Å². The predicted molar refractivity (Wildman–Crippen MR) is 71.3 cm³/mol. The molecule has 0 aromatic heterocycles. The van der Waals surface area contributed by atoms with E-state index in [1.54, 1.807) is 0 Å². The fraction of sp³-hybridized carbons (Fsp3) is 0.600. The molecule has 18 heavy (non-hydrogen) atoms. The van der Waals surface area contributed by atoms with Gasteiger partial charge in [0.1, 0.15) is 17.7 Å². The molecule has 1 heterocycles. The van der Waals surface area contributed by atoms with Crippen LogP contribution in [-0.2, 0) is 0 Å². The first-order valence-electron chi connectivity index (χ1n) is 6.79. The smallest absolute Gasteiger partial charge is 0.127 e. The second kappa shape index (κ2) is 5.70. The molecule has 0 spiro atoms. The summed E-state index contributed by atoms with van der Waals surface area (Å²) in [6, 6.07) is 5.13. The molecule has 1 aliphatic heterocycles. The van der Waals surface area contributed by atoms with Gasteiger partial charge in [-0.05, 0) is 24.9 Å². The van der Waals surface area contributed by atoms with Crippen molar-refractivity contribution in [3.63, 3.8) is 0 Å². The first-order valence-corrected chi connectivity index (χ1v) is 6.79. The lowest BCUT2D eigenvalue weighted by atomic mass is 9.92. The molecule has 2 unspecified atom stereocenters. The minimum absolute atomic E-state index is 0.184. The molecular weight excluding hydrogens is 229 g/mol. The van der Waals surface area contributed by atoms with E-state index in [9.17, 15) is 4.39 Å². The zero-order valence-electron chi connectivity index (χ0n) is 11.4. The van der Waals surface area contributed by atoms with Crippen LogP contribution in [0.25, 0.3) is 0 Å². The molecule has 0 radical (unpaired) electrons. The standard InChI is InChI=1S/C15H22FNO/c1-4-17-14-9-12(7-10(2)3)18-15-8-11(16)5-6-13(14)15/h5-6,8,10,12,14,17H,4,7,9H2,1-3H3. The van der Waals surface area contributed by atoms with Gasteiger partial charge in [0.15, 0.2) is 0 Å². The molecule has 2 nitrogen and oxygen atoms in total. The summed E-state index contributed by atoms with van der Waals surface area (Å²) < 4.78 is 19.2. The lowest BCUT2D eigenvalue weighted by Crippen LogP contribution is -2.33. The van der Waals surface area contributed by atoms with Crippen LogP contribution in [0.3, 0.4) is 0 Å². The maximum Gasteiger partial charge on any atom is 0.127 e. The number of halogens is 1. The van der Waals surface area contributed by atoms with Crippen molar-refractivity contribution in [3.8, 4) is 5.75 Å². The molecule has 1 aliphatic rings. The topological polar surface area (TPSA) is 21.3 Å². The van der Waals surface area contributed by atoms with Crippen LogP contribution in [0.4, 0.5) is 4.39 Å². The summed E-state index contributed by atoms with van der Waals surface area (Å²) in [7, 11) is 0. The van der Waals surface area contributed by atoms with Gasteiger partial charge in [0.2, 0.25) is 0 Å². The number of hydrogen-bond acceptors (Lipinski definition) is 2. The van der Waals surface area contributed by atoms with E-state index in [1.807, 2.05) is 6.07 Å². The van der Waals surface area contributed by atoms with E-state index in [4.69, 9.17) is 4.74 Å². The highest BCUT2D eigenvalue weighted by Gasteiger charge is 2.28. The minimum Gasteiger partial charge on any atom is -0.490 e. The Morgan fingerprint density at radius 1 is 1.44 bits per heavy atom. The largest absolute Gasteiger partial charge is 0.490 e. The molecule has 1 N–H and O–H groups in total. The molecule has 100 valence electrons. The summed E-state index contributed by atoms with van der Waals surface area (Å²) in [4.78, 5) is 0. The Kier molecular flexibility index (Phi) is 4.23. The van der Waals surface area contributed by atoms with Gasteiger partial charge in [-0.15, -0.1) is 0 Å². The second-order valence-corrected chi connectivity index (χ2v) is 5.40. The van der Waals surface area contributed by atoms with E-state index in [1.165, 1.54) is 12.1 Å². The van der Waals surface area contributed by atoms with E-state index in [0.29, 0.717) is 11.7 Å². The van der Waals surface area contributed by atoms with Gasteiger partial charge in [-0.3, -0.25) is 0 Å². The highest BCUT2D eigenvalue weighted by Crippen LogP contribution is 2.36. The highest BCUT2D eigenvalue weighted by molar-refractivity contribution is 5.38. The number of rotatable bonds is 4. The maximum atomic E-state index is 13.3. The normalized spacial score (nSPS) is 22.7. The Morgan fingerprint density at radius 2 is 2.22 bits per heavy atom. The van der Waals surface area contributed by atoms with Crippen LogP contribution in [0.15, 0.2) is 18.2 Å². The van der Waals surface area contributed by atoms with Crippen molar-refractivity contribution in [2.24, 2.45) is 5.92 Å². The summed E-state index contributed by atoms with van der Waals surface area (Å²) in [5.41, 5.74) is 1.08. The van der Waals surface area contributed by atoms with E-state index >= 15 is 0 Å². The van der Waals surface area contributed by atoms with Gasteiger partial charge in [0.25, 0.3) is 0 Å². The van der Waals surface area contributed by atoms with Crippen molar-refractivity contribution >= 4 is 0 Å². The van der Waals surface area contributed by atoms with Crippen LogP contribution < -0.4 is 10.1 Å². The summed E-state index contributed by atoms with van der Waals surface area (Å²) in [5, 5.41) is 3.46. The Balaban J connectivity index is 2.22. The highest BCUT2D eigenvalue weighted by atomic mass is 19.1. The number of fused-ring (bicyclic) bond motifs is 1. The van der Waals surface area contributed by atoms with Crippen LogP contribution >= 0.6 is 0 Å². The Morgan fingerprint density at radius 3 is 2.89 bits per heavy atom. The molecule has 2 atom stereocenters. The third-order valence-electron chi connectivity index (χ3n) is 3.33. The van der Waals surface area contributed by atoms with Crippen molar-refractivity contribution in [2.75, 3.05) is 6.54 Å². The van der Waals surface area contributed by atoms with Gasteiger partial charge in [0, 0.05) is 24.1 Å². The molecule has 1 aromatic carbocycles. The predicted octanol–water partition coefficient (Wildman–Crippen LogP) is 3.67. The van der Waals surface area contributed by atoms with Crippen LogP contribution in [-0.4, -0.2) is 12.6 Å². The van der Waals surface area contributed by atoms with Crippen LogP contribution in [0, 0.1) is 11.7 Å². The molecule has 0 amide bonds. The zero-order valence-corrected chi connectivity index (χ0v) is 11.4. The molecule has 0 saturated heterocycles. The monoisotopic (exact) mass is 251 g/mol. The average Bonchev–Trinajstić information content (AvgIpc) is 2.27. The van der Waals surface area contributed by atoms with Crippen LogP contribution in [0.1, 0.15) is 45.2 Å². The summed E-state index contributed by atoms with van der Waals surface area (Å²) >= 11 is 0.